The third-order valence-corrected chi connectivity index (χ3v) is 5.51. The highest BCUT2D eigenvalue weighted by Gasteiger charge is 2.35. The second-order valence-corrected chi connectivity index (χ2v) is 6.78. The van der Waals surface area contributed by atoms with Crippen molar-refractivity contribution in [1.82, 2.24) is 14.9 Å². The molecule has 0 unspecified atom stereocenters. The Morgan fingerprint density at radius 3 is 2.78 bits per heavy atom. The molecule has 0 aliphatic carbocycles. The monoisotopic (exact) mass is 312 g/mol. The predicted octanol–water partition coefficient (Wildman–Crippen LogP) is 2.62. The summed E-state index contributed by atoms with van der Waals surface area (Å²) < 4.78 is 5.34. The van der Waals surface area contributed by atoms with Crippen molar-refractivity contribution in [2.75, 3.05) is 32.1 Å². The standard InChI is InChI=1S/C18H24N4O/c1-12-16-7-6-15(23-3)10-17(16)20-18(19-12)22-9-8-13-4-5-14(11-22)21(13)2/h6-7,10,13-14H,4-5,8-9,11H2,1-3H3/t13-,14+/m1/s1. The third kappa shape index (κ3) is 2.53. The van der Waals surface area contributed by atoms with Crippen LogP contribution in [0.25, 0.3) is 10.9 Å². The molecule has 2 fully saturated rings. The molecule has 0 amide bonds. The first-order chi connectivity index (χ1) is 11.2. The largest absolute Gasteiger partial charge is 0.497 e. The molecule has 4 rings (SSSR count). The van der Waals surface area contributed by atoms with Gasteiger partial charge in [0.05, 0.1) is 18.3 Å². The minimum Gasteiger partial charge on any atom is -0.497 e. The van der Waals surface area contributed by atoms with Gasteiger partial charge in [-0.1, -0.05) is 0 Å². The quantitative estimate of drug-likeness (QED) is 0.852. The van der Waals surface area contributed by atoms with E-state index in [0.29, 0.717) is 6.04 Å². The molecule has 3 heterocycles. The van der Waals surface area contributed by atoms with Gasteiger partial charge in [0.2, 0.25) is 5.95 Å². The van der Waals surface area contributed by atoms with Crippen molar-refractivity contribution in [3.8, 4) is 5.75 Å². The minimum atomic E-state index is 0.632. The number of fused-ring (bicyclic) bond motifs is 3. The van der Waals surface area contributed by atoms with Gasteiger partial charge in [-0.05, 0) is 45.4 Å². The highest BCUT2D eigenvalue weighted by Crippen LogP contribution is 2.31. The lowest BCUT2D eigenvalue weighted by molar-refractivity contribution is 0.254. The summed E-state index contributed by atoms with van der Waals surface area (Å²) in [7, 11) is 3.96. The van der Waals surface area contributed by atoms with Gasteiger partial charge < -0.3 is 9.64 Å². The van der Waals surface area contributed by atoms with Gasteiger partial charge in [-0.25, -0.2) is 9.97 Å². The lowest BCUT2D eigenvalue weighted by Crippen LogP contribution is -2.37. The normalized spacial score (nSPS) is 24.9. The van der Waals surface area contributed by atoms with E-state index in [-0.39, 0.29) is 0 Å². The van der Waals surface area contributed by atoms with Crippen LogP contribution in [0, 0.1) is 6.92 Å². The Labute approximate surface area is 137 Å². The average Bonchev–Trinajstić information content (AvgIpc) is 2.79. The minimum absolute atomic E-state index is 0.632. The van der Waals surface area contributed by atoms with Crippen LogP contribution >= 0.6 is 0 Å². The van der Waals surface area contributed by atoms with Crippen LogP contribution in [0.4, 0.5) is 5.95 Å². The van der Waals surface area contributed by atoms with Crippen LogP contribution in [-0.2, 0) is 0 Å². The fourth-order valence-corrected chi connectivity index (χ4v) is 4.01. The zero-order chi connectivity index (χ0) is 16.0. The summed E-state index contributed by atoms with van der Waals surface area (Å²) >= 11 is 0. The average molecular weight is 312 g/mol. The van der Waals surface area contributed by atoms with Gasteiger partial charge in [0.25, 0.3) is 0 Å². The topological polar surface area (TPSA) is 41.5 Å². The van der Waals surface area contributed by atoms with Crippen molar-refractivity contribution in [3.63, 3.8) is 0 Å². The van der Waals surface area contributed by atoms with Crippen LogP contribution in [-0.4, -0.2) is 54.2 Å². The molecule has 23 heavy (non-hydrogen) atoms. The van der Waals surface area contributed by atoms with E-state index < -0.39 is 0 Å². The Morgan fingerprint density at radius 2 is 1.96 bits per heavy atom. The van der Waals surface area contributed by atoms with Gasteiger partial charge in [-0.15, -0.1) is 0 Å². The summed E-state index contributed by atoms with van der Waals surface area (Å²) in [5, 5.41) is 1.10. The third-order valence-electron chi connectivity index (χ3n) is 5.51. The van der Waals surface area contributed by atoms with E-state index in [2.05, 4.69) is 23.8 Å². The van der Waals surface area contributed by atoms with Gasteiger partial charge in [-0.2, -0.15) is 0 Å². The van der Waals surface area contributed by atoms with Gasteiger partial charge in [0, 0.05) is 36.6 Å². The molecule has 0 N–H and O–H groups in total. The van der Waals surface area contributed by atoms with Crippen molar-refractivity contribution in [3.05, 3.63) is 23.9 Å². The molecule has 0 saturated carbocycles. The maximum atomic E-state index is 5.34. The second kappa shape index (κ2) is 5.64. The molecule has 5 nitrogen and oxygen atoms in total. The number of aryl methyl sites for hydroxylation is 1. The first-order valence-electron chi connectivity index (χ1n) is 8.45. The van der Waals surface area contributed by atoms with Gasteiger partial charge in [0.1, 0.15) is 5.75 Å². The number of hydrogen-bond acceptors (Lipinski definition) is 5. The molecule has 5 heteroatoms. The smallest absolute Gasteiger partial charge is 0.226 e. The number of ether oxygens (including phenoxy) is 1. The number of nitrogens with zero attached hydrogens (tertiary/aromatic N) is 4. The van der Waals surface area contributed by atoms with Crippen molar-refractivity contribution in [2.24, 2.45) is 0 Å². The lowest BCUT2D eigenvalue weighted by atomic mass is 10.1. The summed E-state index contributed by atoms with van der Waals surface area (Å²) in [6, 6.07) is 7.38. The van der Waals surface area contributed by atoms with Gasteiger partial charge in [-0.3, -0.25) is 4.90 Å². The van der Waals surface area contributed by atoms with Crippen molar-refractivity contribution in [1.29, 1.82) is 0 Å². The number of methoxy groups -OCH3 is 1. The lowest BCUT2D eigenvalue weighted by Gasteiger charge is -2.26. The van der Waals surface area contributed by atoms with Crippen LogP contribution in [0.3, 0.4) is 0 Å². The van der Waals surface area contributed by atoms with Crippen molar-refractivity contribution >= 4 is 16.9 Å². The molecule has 122 valence electrons. The van der Waals surface area contributed by atoms with Crippen LogP contribution in [0.15, 0.2) is 18.2 Å². The Bertz CT molecular complexity index is 732. The highest BCUT2D eigenvalue weighted by molar-refractivity contribution is 5.83. The van der Waals surface area contributed by atoms with Gasteiger partial charge in [0.15, 0.2) is 0 Å². The molecule has 0 radical (unpaired) electrons. The molecule has 2 aliphatic heterocycles. The molecule has 2 aromatic rings. The summed E-state index contributed by atoms with van der Waals surface area (Å²) in [4.78, 5) is 14.5. The van der Waals surface area contributed by atoms with E-state index in [9.17, 15) is 0 Å². The number of rotatable bonds is 2. The summed E-state index contributed by atoms with van der Waals surface area (Å²) in [6.07, 6.45) is 3.83. The van der Waals surface area contributed by atoms with E-state index in [0.717, 1.165) is 47.4 Å². The van der Waals surface area contributed by atoms with E-state index >= 15 is 0 Å². The van der Waals surface area contributed by atoms with Gasteiger partial charge >= 0.3 is 0 Å². The van der Waals surface area contributed by atoms with Crippen LogP contribution in [0.1, 0.15) is 25.0 Å². The number of anilines is 1. The fraction of sp³-hybridized carbons (Fsp3) is 0.556. The Hall–Kier alpha value is -1.88. The van der Waals surface area contributed by atoms with E-state index in [1.807, 2.05) is 18.2 Å². The molecule has 1 aromatic heterocycles. The molecule has 2 saturated heterocycles. The van der Waals surface area contributed by atoms with E-state index in [4.69, 9.17) is 14.7 Å². The first-order valence-corrected chi connectivity index (χ1v) is 8.45. The Kier molecular flexibility index (Phi) is 3.60. The SMILES string of the molecule is COc1ccc2c(C)nc(N3CC[C@H]4CC[C@@H](C3)N4C)nc2c1. The van der Waals surface area contributed by atoms with Crippen molar-refractivity contribution in [2.45, 2.75) is 38.3 Å². The number of aromatic nitrogens is 2. The van der Waals surface area contributed by atoms with Crippen molar-refractivity contribution < 1.29 is 4.74 Å². The number of hydrogen-bond donors (Lipinski definition) is 0. The summed E-state index contributed by atoms with van der Waals surface area (Å²) in [6.45, 7) is 4.14. The highest BCUT2D eigenvalue weighted by atomic mass is 16.5. The Morgan fingerprint density at radius 1 is 1.13 bits per heavy atom. The second-order valence-electron chi connectivity index (χ2n) is 6.78. The maximum absolute atomic E-state index is 5.34. The van der Waals surface area contributed by atoms with E-state index in [1.54, 1.807) is 7.11 Å². The number of likely N-dealkylation sites (N-methyl/N-ethyl adjacent to an activating group) is 1. The Balaban J connectivity index is 1.71. The fourth-order valence-electron chi connectivity index (χ4n) is 4.01. The number of benzene rings is 1. The zero-order valence-electron chi connectivity index (χ0n) is 14.1. The van der Waals surface area contributed by atoms with E-state index in [1.165, 1.54) is 19.3 Å². The molecular weight excluding hydrogens is 288 g/mol. The van der Waals surface area contributed by atoms with Crippen LogP contribution in [0.5, 0.6) is 5.75 Å². The molecule has 2 bridgehead atoms. The molecule has 1 aromatic carbocycles. The van der Waals surface area contributed by atoms with Crippen LogP contribution < -0.4 is 9.64 Å². The maximum Gasteiger partial charge on any atom is 0.226 e. The summed E-state index contributed by atoms with van der Waals surface area (Å²) in [5.41, 5.74) is 2.00. The molecule has 2 aliphatic rings. The predicted molar refractivity (Wildman–Crippen MR) is 92.2 cm³/mol. The molecular formula is C18H24N4O. The zero-order valence-corrected chi connectivity index (χ0v) is 14.1. The first kappa shape index (κ1) is 14.7. The molecule has 2 atom stereocenters. The van der Waals surface area contributed by atoms with Crippen LogP contribution in [0.2, 0.25) is 0 Å². The summed E-state index contributed by atoms with van der Waals surface area (Å²) in [5.74, 6) is 1.71. The molecule has 0 spiro atoms.